The molecule has 5 heteroatoms. The summed E-state index contributed by atoms with van der Waals surface area (Å²) in [5.74, 6) is 0. The van der Waals surface area contributed by atoms with E-state index in [4.69, 9.17) is 0 Å². The third-order valence-corrected chi connectivity index (χ3v) is 3.78. The van der Waals surface area contributed by atoms with Crippen molar-refractivity contribution in [1.29, 1.82) is 0 Å². The van der Waals surface area contributed by atoms with Crippen LogP contribution in [0.4, 0.5) is 0 Å². The Morgan fingerprint density at radius 2 is 1.94 bits per heavy atom. The Morgan fingerprint density at radius 3 is 2.94 bits per heavy atom. The molecule has 17 heavy (non-hydrogen) atoms. The van der Waals surface area contributed by atoms with Crippen molar-refractivity contribution < 1.29 is 0 Å². The number of hydrogen-bond donors (Lipinski definition) is 0. The molecule has 0 saturated heterocycles. The minimum atomic E-state index is 0.694. The second-order valence-electron chi connectivity index (χ2n) is 3.71. The van der Waals surface area contributed by atoms with Gasteiger partial charge in [0.25, 0.3) is 0 Å². The van der Waals surface area contributed by atoms with Gasteiger partial charge in [-0.25, -0.2) is 9.97 Å². The lowest BCUT2D eigenvalue weighted by molar-refractivity contribution is 1.25. The normalized spacial score (nSPS) is 11.5. The Morgan fingerprint density at radius 1 is 1.00 bits per heavy atom. The predicted octanol–water partition coefficient (Wildman–Crippen LogP) is 2.79. The van der Waals surface area contributed by atoms with E-state index >= 15 is 0 Å². The topological polar surface area (TPSA) is 51.6 Å². The molecule has 0 radical (unpaired) electrons. The maximum Gasteiger partial charge on any atom is 0.179 e. The standard InChI is InChI=1S/C12H6N4S/c1-2-13-6-8-7-5-9-11(15-4-3-14-9)16-12(7)17-10(1)8/h1-6H. The lowest BCUT2D eigenvalue weighted by Crippen LogP contribution is -1.85. The lowest BCUT2D eigenvalue weighted by Gasteiger charge is -1.94. The maximum absolute atomic E-state index is 4.53. The van der Waals surface area contributed by atoms with Gasteiger partial charge in [-0.2, -0.15) is 0 Å². The molecule has 0 aromatic carbocycles. The fraction of sp³-hybridized carbons (Fsp3) is 0. The molecule has 0 aliphatic carbocycles. The maximum atomic E-state index is 4.53. The summed E-state index contributed by atoms with van der Waals surface area (Å²) < 4.78 is 1.19. The SMILES string of the molecule is c1cc2sc3nc4nccnc4cc3c2cn1. The van der Waals surface area contributed by atoms with Crippen molar-refractivity contribution in [3.05, 3.63) is 36.9 Å². The molecule has 0 atom stereocenters. The van der Waals surface area contributed by atoms with E-state index in [9.17, 15) is 0 Å². The quantitative estimate of drug-likeness (QED) is 0.472. The average molecular weight is 238 g/mol. The second-order valence-corrected chi connectivity index (χ2v) is 4.74. The van der Waals surface area contributed by atoms with Crippen molar-refractivity contribution in [3.8, 4) is 0 Å². The molecule has 0 N–H and O–H groups in total. The molecule has 0 saturated carbocycles. The number of hydrogen-bond acceptors (Lipinski definition) is 5. The number of nitrogens with zero attached hydrogens (tertiary/aromatic N) is 4. The van der Waals surface area contributed by atoms with Gasteiger partial charge < -0.3 is 0 Å². The summed E-state index contributed by atoms with van der Waals surface area (Å²) in [4.78, 5) is 18.2. The van der Waals surface area contributed by atoms with Gasteiger partial charge in [-0.1, -0.05) is 0 Å². The van der Waals surface area contributed by atoms with Crippen LogP contribution in [-0.4, -0.2) is 19.9 Å². The van der Waals surface area contributed by atoms with E-state index in [1.165, 1.54) is 4.70 Å². The van der Waals surface area contributed by atoms with E-state index in [2.05, 4.69) is 19.9 Å². The van der Waals surface area contributed by atoms with Crippen molar-refractivity contribution in [1.82, 2.24) is 19.9 Å². The predicted molar refractivity (Wildman–Crippen MR) is 68.0 cm³/mol. The Kier molecular flexibility index (Phi) is 1.67. The Bertz CT molecular complexity index is 847. The van der Waals surface area contributed by atoms with Crippen LogP contribution in [-0.2, 0) is 0 Å². The molecule has 0 fully saturated rings. The minimum Gasteiger partial charge on any atom is -0.264 e. The fourth-order valence-corrected chi connectivity index (χ4v) is 2.95. The van der Waals surface area contributed by atoms with Crippen LogP contribution in [0.2, 0.25) is 0 Å². The number of aromatic nitrogens is 4. The van der Waals surface area contributed by atoms with E-state index in [0.717, 1.165) is 21.1 Å². The first-order valence-corrected chi connectivity index (χ1v) is 5.97. The molecule has 4 heterocycles. The summed E-state index contributed by atoms with van der Waals surface area (Å²) in [6.45, 7) is 0. The van der Waals surface area contributed by atoms with E-state index in [-0.39, 0.29) is 0 Å². The summed E-state index contributed by atoms with van der Waals surface area (Å²) in [5.41, 5.74) is 1.52. The van der Waals surface area contributed by atoms with Gasteiger partial charge in [0.05, 0.1) is 0 Å². The molecule has 4 nitrogen and oxygen atoms in total. The van der Waals surface area contributed by atoms with Crippen molar-refractivity contribution >= 4 is 42.8 Å². The van der Waals surface area contributed by atoms with Crippen molar-refractivity contribution in [2.24, 2.45) is 0 Å². The number of fused-ring (bicyclic) bond motifs is 4. The highest BCUT2D eigenvalue weighted by atomic mass is 32.1. The fourth-order valence-electron chi connectivity index (χ4n) is 1.93. The molecule has 0 spiro atoms. The number of thiophene rings is 1. The Labute approximate surface area is 100.0 Å². The van der Waals surface area contributed by atoms with Gasteiger partial charge in [-0.15, -0.1) is 11.3 Å². The van der Waals surface area contributed by atoms with Crippen LogP contribution in [0.1, 0.15) is 0 Å². The molecule has 0 aliphatic rings. The van der Waals surface area contributed by atoms with Gasteiger partial charge in [0, 0.05) is 40.3 Å². The molecule has 0 amide bonds. The van der Waals surface area contributed by atoms with Crippen LogP contribution in [0.5, 0.6) is 0 Å². The smallest absolute Gasteiger partial charge is 0.179 e. The zero-order valence-corrected chi connectivity index (χ0v) is 9.48. The van der Waals surface area contributed by atoms with Crippen LogP contribution < -0.4 is 0 Å². The van der Waals surface area contributed by atoms with Crippen LogP contribution in [0.3, 0.4) is 0 Å². The van der Waals surface area contributed by atoms with Gasteiger partial charge >= 0.3 is 0 Å². The average Bonchev–Trinajstić information content (AvgIpc) is 2.73. The minimum absolute atomic E-state index is 0.694. The lowest BCUT2D eigenvalue weighted by atomic mass is 10.2. The molecule has 0 aliphatic heterocycles. The third kappa shape index (κ3) is 1.23. The summed E-state index contributed by atoms with van der Waals surface area (Å²) in [7, 11) is 0. The van der Waals surface area contributed by atoms with Crippen LogP contribution in [0.15, 0.2) is 36.9 Å². The van der Waals surface area contributed by atoms with Gasteiger partial charge in [-0.3, -0.25) is 9.97 Å². The molecule has 0 unspecified atom stereocenters. The summed E-state index contributed by atoms with van der Waals surface area (Å²) in [6, 6.07) is 4.04. The van der Waals surface area contributed by atoms with Gasteiger partial charge in [0.2, 0.25) is 0 Å². The zero-order valence-electron chi connectivity index (χ0n) is 8.66. The zero-order chi connectivity index (χ0) is 11.2. The van der Waals surface area contributed by atoms with Crippen LogP contribution in [0.25, 0.3) is 31.5 Å². The highest BCUT2D eigenvalue weighted by molar-refractivity contribution is 7.25. The molecule has 4 rings (SSSR count). The summed E-state index contributed by atoms with van der Waals surface area (Å²) in [5, 5.41) is 2.23. The Balaban J connectivity index is 2.28. The third-order valence-electron chi connectivity index (χ3n) is 2.70. The second kappa shape index (κ2) is 3.18. The van der Waals surface area contributed by atoms with Crippen molar-refractivity contribution in [2.45, 2.75) is 0 Å². The van der Waals surface area contributed by atoms with Gasteiger partial charge in [-0.05, 0) is 12.1 Å². The first-order chi connectivity index (χ1) is 8.42. The Hall–Kier alpha value is -2.14. The molecular formula is C12H6N4S. The molecule has 4 aromatic heterocycles. The van der Waals surface area contributed by atoms with E-state index in [1.807, 2.05) is 18.3 Å². The first-order valence-electron chi connectivity index (χ1n) is 5.16. The van der Waals surface area contributed by atoms with Crippen LogP contribution in [0, 0.1) is 0 Å². The van der Waals surface area contributed by atoms with E-state index in [0.29, 0.717) is 5.65 Å². The molecule has 4 aromatic rings. The van der Waals surface area contributed by atoms with Crippen molar-refractivity contribution in [2.75, 3.05) is 0 Å². The van der Waals surface area contributed by atoms with Crippen LogP contribution >= 0.6 is 11.3 Å². The van der Waals surface area contributed by atoms with E-state index in [1.54, 1.807) is 29.9 Å². The number of rotatable bonds is 0. The molecule has 80 valence electrons. The summed E-state index contributed by atoms with van der Waals surface area (Å²) in [6.07, 6.45) is 7.02. The van der Waals surface area contributed by atoms with E-state index < -0.39 is 0 Å². The largest absolute Gasteiger partial charge is 0.264 e. The monoisotopic (exact) mass is 238 g/mol. The molecule has 0 bridgehead atoms. The van der Waals surface area contributed by atoms with Gasteiger partial charge in [0.1, 0.15) is 10.3 Å². The van der Waals surface area contributed by atoms with Crippen molar-refractivity contribution in [3.63, 3.8) is 0 Å². The summed E-state index contributed by atoms with van der Waals surface area (Å²) >= 11 is 1.66. The number of pyridine rings is 2. The highest BCUT2D eigenvalue weighted by Crippen LogP contribution is 2.32. The molecular weight excluding hydrogens is 232 g/mol. The highest BCUT2D eigenvalue weighted by Gasteiger charge is 2.08. The van der Waals surface area contributed by atoms with Gasteiger partial charge in [0.15, 0.2) is 5.65 Å². The first kappa shape index (κ1) is 8.95.